The van der Waals surface area contributed by atoms with Crippen LogP contribution in [-0.4, -0.2) is 12.6 Å². The first-order chi connectivity index (χ1) is 7.74. The molecule has 1 fully saturated rings. The van der Waals surface area contributed by atoms with Crippen molar-refractivity contribution in [2.45, 2.75) is 38.6 Å². The van der Waals surface area contributed by atoms with Crippen molar-refractivity contribution in [3.8, 4) is 0 Å². The lowest BCUT2D eigenvalue weighted by Crippen LogP contribution is -2.28. The minimum Gasteiger partial charge on any atom is -0.399 e. The van der Waals surface area contributed by atoms with E-state index in [4.69, 9.17) is 5.73 Å². The topological polar surface area (TPSA) is 38.0 Å². The summed E-state index contributed by atoms with van der Waals surface area (Å²) in [5.74, 6) is 0.911. The molecule has 1 saturated carbocycles. The molecule has 0 aromatic heterocycles. The van der Waals surface area contributed by atoms with Crippen molar-refractivity contribution in [1.82, 2.24) is 5.32 Å². The lowest BCUT2D eigenvalue weighted by atomic mass is 10.1. The maximum atomic E-state index is 5.65. The summed E-state index contributed by atoms with van der Waals surface area (Å²) in [6.07, 6.45) is 5.19. The summed E-state index contributed by atoms with van der Waals surface area (Å²) in [5, 5.41) is 3.64. The third-order valence-electron chi connectivity index (χ3n) is 3.52. The van der Waals surface area contributed by atoms with Crippen molar-refractivity contribution in [2.75, 3.05) is 12.3 Å². The number of nitrogen functional groups attached to an aromatic ring is 1. The van der Waals surface area contributed by atoms with Gasteiger partial charge < -0.3 is 11.1 Å². The van der Waals surface area contributed by atoms with Gasteiger partial charge in [-0.2, -0.15) is 0 Å². The molecule has 0 bridgehead atoms. The Bertz CT molecular complexity index is 318. The Labute approximate surface area is 98.2 Å². The summed E-state index contributed by atoms with van der Waals surface area (Å²) in [6.45, 7) is 3.43. The second-order valence-electron chi connectivity index (χ2n) is 5.06. The highest BCUT2D eigenvalue weighted by molar-refractivity contribution is 5.39. The zero-order valence-corrected chi connectivity index (χ0v) is 10.1. The van der Waals surface area contributed by atoms with Crippen LogP contribution in [-0.2, 0) is 6.42 Å². The first-order valence-electron chi connectivity index (χ1n) is 6.32. The highest BCUT2D eigenvalue weighted by atomic mass is 14.9. The van der Waals surface area contributed by atoms with Crippen molar-refractivity contribution in [3.05, 3.63) is 29.8 Å². The van der Waals surface area contributed by atoms with Crippen molar-refractivity contribution in [2.24, 2.45) is 5.92 Å². The Morgan fingerprint density at radius 2 is 2.00 bits per heavy atom. The molecule has 0 amide bonds. The van der Waals surface area contributed by atoms with Crippen molar-refractivity contribution in [1.29, 1.82) is 0 Å². The number of nitrogens with two attached hydrogens (primary N) is 1. The number of benzene rings is 1. The zero-order valence-electron chi connectivity index (χ0n) is 10.1. The molecule has 2 heteroatoms. The highest BCUT2D eigenvalue weighted by Gasteiger charge is 2.19. The molecule has 2 nitrogen and oxygen atoms in total. The molecule has 16 heavy (non-hydrogen) atoms. The molecule has 0 aliphatic heterocycles. The van der Waals surface area contributed by atoms with Gasteiger partial charge in [-0.05, 0) is 55.8 Å². The molecule has 2 atom stereocenters. The van der Waals surface area contributed by atoms with Crippen LogP contribution in [0.2, 0.25) is 0 Å². The SMILES string of the molecule is CC1CCC(NCCc2ccc(N)cc2)C1. The molecule has 2 unspecified atom stereocenters. The first kappa shape index (κ1) is 11.5. The summed E-state index contributed by atoms with van der Waals surface area (Å²) >= 11 is 0. The van der Waals surface area contributed by atoms with Crippen molar-refractivity contribution < 1.29 is 0 Å². The van der Waals surface area contributed by atoms with E-state index in [9.17, 15) is 0 Å². The average Bonchev–Trinajstić information content (AvgIpc) is 2.67. The van der Waals surface area contributed by atoms with E-state index >= 15 is 0 Å². The molecular weight excluding hydrogens is 196 g/mol. The lowest BCUT2D eigenvalue weighted by molar-refractivity contribution is 0.506. The van der Waals surface area contributed by atoms with Gasteiger partial charge in [0.15, 0.2) is 0 Å². The van der Waals surface area contributed by atoms with Gasteiger partial charge in [0.1, 0.15) is 0 Å². The van der Waals surface area contributed by atoms with Crippen molar-refractivity contribution >= 4 is 5.69 Å². The first-order valence-corrected chi connectivity index (χ1v) is 6.32. The Kier molecular flexibility index (Phi) is 3.83. The largest absolute Gasteiger partial charge is 0.399 e. The summed E-state index contributed by atoms with van der Waals surface area (Å²) in [7, 11) is 0. The second kappa shape index (κ2) is 5.35. The van der Waals surface area contributed by atoms with Crippen LogP contribution in [0.4, 0.5) is 5.69 Å². The molecule has 1 aromatic rings. The van der Waals surface area contributed by atoms with Gasteiger partial charge >= 0.3 is 0 Å². The second-order valence-corrected chi connectivity index (χ2v) is 5.06. The van der Waals surface area contributed by atoms with Crippen LogP contribution in [0.3, 0.4) is 0 Å². The quantitative estimate of drug-likeness (QED) is 0.762. The summed E-state index contributed by atoms with van der Waals surface area (Å²) < 4.78 is 0. The molecule has 3 N–H and O–H groups in total. The van der Waals surface area contributed by atoms with Crippen LogP contribution in [0.15, 0.2) is 24.3 Å². The lowest BCUT2D eigenvalue weighted by Gasteiger charge is -2.12. The molecule has 0 radical (unpaired) electrons. The Morgan fingerprint density at radius 3 is 2.62 bits per heavy atom. The van der Waals surface area contributed by atoms with Gasteiger partial charge in [0.25, 0.3) is 0 Å². The maximum absolute atomic E-state index is 5.65. The van der Waals surface area contributed by atoms with E-state index < -0.39 is 0 Å². The smallest absolute Gasteiger partial charge is 0.0314 e. The van der Waals surface area contributed by atoms with E-state index in [0.717, 1.165) is 30.6 Å². The van der Waals surface area contributed by atoms with Crippen molar-refractivity contribution in [3.63, 3.8) is 0 Å². The molecule has 2 rings (SSSR count). The minimum atomic E-state index is 0.754. The van der Waals surface area contributed by atoms with E-state index in [-0.39, 0.29) is 0 Å². The maximum Gasteiger partial charge on any atom is 0.0314 e. The fourth-order valence-corrected chi connectivity index (χ4v) is 2.50. The molecule has 0 spiro atoms. The van der Waals surface area contributed by atoms with Crippen LogP contribution in [0, 0.1) is 5.92 Å². The standard InChI is InChI=1S/C14H22N2/c1-11-2-7-14(10-11)16-9-8-12-3-5-13(15)6-4-12/h3-6,11,14,16H,2,7-10,15H2,1H3. The van der Waals surface area contributed by atoms with Crippen LogP contribution in [0.1, 0.15) is 31.7 Å². The Hall–Kier alpha value is -1.02. The van der Waals surface area contributed by atoms with Crippen LogP contribution in [0.5, 0.6) is 0 Å². The predicted octanol–water partition coefficient (Wildman–Crippen LogP) is 2.59. The fraction of sp³-hybridized carbons (Fsp3) is 0.571. The number of nitrogens with one attached hydrogen (secondary N) is 1. The van der Waals surface area contributed by atoms with E-state index in [1.165, 1.54) is 24.8 Å². The molecule has 0 heterocycles. The molecule has 0 saturated heterocycles. The number of rotatable bonds is 4. The van der Waals surface area contributed by atoms with Crippen LogP contribution >= 0.6 is 0 Å². The van der Waals surface area contributed by atoms with E-state index in [0.29, 0.717) is 0 Å². The fourth-order valence-electron chi connectivity index (χ4n) is 2.50. The van der Waals surface area contributed by atoms with E-state index in [1.54, 1.807) is 0 Å². The summed E-state index contributed by atoms with van der Waals surface area (Å²) in [4.78, 5) is 0. The Balaban J connectivity index is 1.70. The number of hydrogen-bond acceptors (Lipinski definition) is 2. The van der Waals surface area contributed by atoms with Crippen LogP contribution < -0.4 is 11.1 Å². The molecule has 1 aliphatic carbocycles. The summed E-state index contributed by atoms with van der Waals surface area (Å²) in [5.41, 5.74) is 7.87. The van der Waals surface area contributed by atoms with Gasteiger partial charge in [0.2, 0.25) is 0 Å². The summed E-state index contributed by atoms with van der Waals surface area (Å²) in [6, 6.07) is 8.95. The van der Waals surface area contributed by atoms with E-state index in [2.05, 4.69) is 24.4 Å². The molecule has 1 aliphatic rings. The monoisotopic (exact) mass is 218 g/mol. The van der Waals surface area contributed by atoms with Gasteiger partial charge in [0.05, 0.1) is 0 Å². The van der Waals surface area contributed by atoms with Gasteiger partial charge in [-0.25, -0.2) is 0 Å². The third-order valence-corrected chi connectivity index (χ3v) is 3.52. The Morgan fingerprint density at radius 1 is 1.25 bits per heavy atom. The van der Waals surface area contributed by atoms with Gasteiger partial charge in [0, 0.05) is 11.7 Å². The van der Waals surface area contributed by atoms with Gasteiger partial charge in [-0.3, -0.25) is 0 Å². The minimum absolute atomic E-state index is 0.754. The number of anilines is 1. The third kappa shape index (κ3) is 3.24. The molecule has 1 aromatic carbocycles. The normalized spacial score (nSPS) is 24.8. The molecular formula is C14H22N2. The average molecular weight is 218 g/mol. The van der Waals surface area contributed by atoms with Gasteiger partial charge in [-0.1, -0.05) is 19.1 Å². The highest BCUT2D eigenvalue weighted by Crippen LogP contribution is 2.24. The predicted molar refractivity (Wildman–Crippen MR) is 69.4 cm³/mol. The van der Waals surface area contributed by atoms with Gasteiger partial charge in [-0.15, -0.1) is 0 Å². The number of hydrogen-bond donors (Lipinski definition) is 2. The zero-order chi connectivity index (χ0) is 11.4. The van der Waals surface area contributed by atoms with Crippen LogP contribution in [0.25, 0.3) is 0 Å². The van der Waals surface area contributed by atoms with E-state index in [1.807, 2.05) is 12.1 Å². The molecule has 88 valence electrons.